The zero-order chi connectivity index (χ0) is 13.7. The summed E-state index contributed by atoms with van der Waals surface area (Å²) < 4.78 is 4.76. The van der Waals surface area contributed by atoms with Gasteiger partial charge in [-0.15, -0.1) is 0 Å². The van der Waals surface area contributed by atoms with Crippen molar-refractivity contribution >= 4 is 5.91 Å². The lowest BCUT2D eigenvalue weighted by atomic mass is 9.98. The number of unbranched alkanes of at least 4 members (excludes halogenated alkanes) is 1. The second-order valence-electron chi connectivity index (χ2n) is 4.21. The van der Waals surface area contributed by atoms with Gasteiger partial charge in [-0.05, 0) is 19.4 Å². The average molecular weight is 264 g/mol. The summed E-state index contributed by atoms with van der Waals surface area (Å²) in [5, 5.41) is 40.0. The standard InChI is InChI=1S/C10H20N2O6/c11-3-1-2-4-12-9(16)8-6(14)5(13)7(15)10(17)18-8/h5-8,10,13-15,17H,1-4,11H2,(H,12,16)/t5-,6+,7+,8-,10-/m0/s1. The Hall–Kier alpha value is -0.770. The lowest BCUT2D eigenvalue weighted by molar-refractivity contribution is -0.275. The van der Waals surface area contributed by atoms with Gasteiger partial charge in [0, 0.05) is 6.54 Å². The molecule has 8 heteroatoms. The molecule has 0 bridgehead atoms. The van der Waals surface area contributed by atoms with Gasteiger partial charge in [0.25, 0.3) is 5.91 Å². The van der Waals surface area contributed by atoms with Gasteiger partial charge in [0.2, 0.25) is 0 Å². The number of hydrogen-bond acceptors (Lipinski definition) is 7. The minimum atomic E-state index is -1.71. The van der Waals surface area contributed by atoms with Crippen molar-refractivity contribution in [1.82, 2.24) is 5.32 Å². The minimum absolute atomic E-state index is 0.358. The molecule has 1 saturated heterocycles. The first-order valence-electron chi connectivity index (χ1n) is 5.84. The molecular weight excluding hydrogens is 244 g/mol. The molecule has 7 N–H and O–H groups in total. The van der Waals surface area contributed by atoms with E-state index < -0.39 is 36.6 Å². The van der Waals surface area contributed by atoms with E-state index in [9.17, 15) is 25.2 Å². The maximum atomic E-state index is 11.6. The van der Waals surface area contributed by atoms with Gasteiger partial charge in [-0.3, -0.25) is 4.79 Å². The predicted octanol–water partition coefficient (Wildman–Crippen LogP) is -3.36. The fraction of sp³-hybridized carbons (Fsp3) is 0.900. The van der Waals surface area contributed by atoms with Crippen molar-refractivity contribution in [1.29, 1.82) is 0 Å². The molecule has 0 saturated carbocycles. The van der Waals surface area contributed by atoms with E-state index in [0.717, 1.165) is 6.42 Å². The Morgan fingerprint density at radius 3 is 2.39 bits per heavy atom. The van der Waals surface area contributed by atoms with Crippen LogP contribution in [-0.4, -0.2) is 70.1 Å². The fourth-order valence-electron chi connectivity index (χ4n) is 1.66. The maximum Gasteiger partial charge on any atom is 0.252 e. The topological polar surface area (TPSA) is 145 Å². The highest BCUT2D eigenvalue weighted by atomic mass is 16.6. The first kappa shape index (κ1) is 15.3. The quantitative estimate of drug-likeness (QED) is 0.284. The van der Waals surface area contributed by atoms with Crippen LogP contribution in [0.15, 0.2) is 0 Å². The molecule has 18 heavy (non-hydrogen) atoms. The number of carbonyl (C=O) groups excluding carboxylic acids is 1. The van der Waals surface area contributed by atoms with Crippen LogP contribution < -0.4 is 11.1 Å². The van der Waals surface area contributed by atoms with Gasteiger partial charge in [0.05, 0.1) is 0 Å². The lowest BCUT2D eigenvalue weighted by Gasteiger charge is -2.37. The third-order valence-electron chi connectivity index (χ3n) is 2.78. The van der Waals surface area contributed by atoms with E-state index in [1.54, 1.807) is 0 Å². The van der Waals surface area contributed by atoms with Crippen LogP contribution in [0.3, 0.4) is 0 Å². The van der Waals surface area contributed by atoms with Crippen LogP contribution in [-0.2, 0) is 9.53 Å². The van der Waals surface area contributed by atoms with Crippen LogP contribution >= 0.6 is 0 Å². The van der Waals surface area contributed by atoms with Gasteiger partial charge in [-0.1, -0.05) is 0 Å². The largest absolute Gasteiger partial charge is 0.387 e. The van der Waals surface area contributed by atoms with Crippen LogP contribution in [0.1, 0.15) is 12.8 Å². The van der Waals surface area contributed by atoms with E-state index in [1.165, 1.54) is 0 Å². The fourth-order valence-corrected chi connectivity index (χ4v) is 1.66. The summed E-state index contributed by atoms with van der Waals surface area (Å²) in [4.78, 5) is 11.6. The van der Waals surface area contributed by atoms with E-state index in [2.05, 4.69) is 5.32 Å². The van der Waals surface area contributed by atoms with Crippen molar-refractivity contribution in [2.24, 2.45) is 5.73 Å². The average Bonchev–Trinajstić information content (AvgIpc) is 2.36. The summed E-state index contributed by atoms with van der Waals surface area (Å²) in [6.07, 6.45) is -6.54. The summed E-state index contributed by atoms with van der Waals surface area (Å²) in [5.74, 6) is -0.649. The van der Waals surface area contributed by atoms with Crippen LogP contribution in [0.2, 0.25) is 0 Å². The van der Waals surface area contributed by atoms with Crippen molar-refractivity contribution in [2.45, 2.75) is 43.5 Å². The molecule has 0 aromatic rings. The van der Waals surface area contributed by atoms with Crippen molar-refractivity contribution in [2.75, 3.05) is 13.1 Å². The lowest BCUT2D eigenvalue weighted by Crippen LogP contribution is -2.61. The Bertz CT molecular complexity index is 277. The number of aliphatic hydroxyl groups excluding tert-OH is 4. The highest BCUT2D eigenvalue weighted by Gasteiger charge is 2.45. The number of ether oxygens (including phenoxy) is 1. The first-order valence-corrected chi connectivity index (χ1v) is 5.84. The van der Waals surface area contributed by atoms with E-state index in [-0.39, 0.29) is 0 Å². The molecule has 0 aromatic heterocycles. The van der Waals surface area contributed by atoms with Gasteiger partial charge < -0.3 is 36.2 Å². The molecule has 106 valence electrons. The molecule has 8 nitrogen and oxygen atoms in total. The van der Waals surface area contributed by atoms with Gasteiger partial charge in [0.15, 0.2) is 12.4 Å². The molecule has 0 spiro atoms. The number of amides is 1. The Labute approximate surface area is 104 Å². The van der Waals surface area contributed by atoms with Gasteiger partial charge >= 0.3 is 0 Å². The molecule has 0 radical (unpaired) electrons. The normalized spacial score (nSPS) is 36.4. The SMILES string of the molecule is NCCCCNC(=O)[C@H]1O[C@H](O)[C@H](O)[C@@H](O)[C@H]1O. The molecule has 1 fully saturated rings. The summed E-state index contributed by atoms with van der Waals surface area (Å²) >= 11 is 0. The van der Waals surface area contributed by atoms with Crippen LogP contribution in [0.5, 0.6) is 0 Å². The number of aliphatic hydroxyl groups is 4. The van der Waals surface area contributed by atoms with Crippen LogP contribution in [0, 0.1) is 0 Å². The van der Waals surface area contributed by atoms with E-state index in [0.29, 0.717) is 19.5 Å². The molecule has 1 amide bonds. The smallest absolute Gasteiger partial charge is 0.252 e. The third kappa shape index (κ3) is 3.61. The number of hydrogen-bond donors (Lipinski definition) is 6. The molecule has 5 atom stereocenters. The zero-order valence-electron chi connectivity index (χ0n) is 9.90. The van der Waals surface area contributed by atoms with Crippen molar-refractivity contribution in [3.63, 3.8) is 0 Å². The second kappa shape index (κ2) is 6.98. The molecule has 1 rings (SSSR count). The molecule has 0 aromatic carbocycles. The number of nitrogens with one attached hydrogen (secondary N) is 1. The summed E-state index contributed by atoms with van der Waals surface area (Å²) in [7, 11) is 0. The summed E-state index contributed by atoms with van der Waals surface area (Å²) in [6, 6.07) is 0. The Kier molecular flexibility index (Phi) is 5.93. The van der Waals surface area contributed by atoms with Crippen molar-refractivity contribution < 1.29 is 30.0 Å². The second-order valence-corrected chi connectivity index (χ2v) is 4.21. The van der Waals surface area contributed by atoms with E-state index in [1.807, 2.05) is 0 Å². The highest BCUT2D eigenvalue weighted by Crippen LogP contribution is 2.19. The first-order chi connectivity index (χ1) is 8.49. The number of rotatable bonds is 5. The van der Waals surface area contributed by atoms with Crippen LogP contribution in [0.25, 0.3) is 0 Å². The van der Waals surface area contributed by atoms with E-state index in [4.69, 9.17) is 10.5 Å². The zero-order valence-corrected chi connectivity index (χ0v) is 9.90. The summed E-state index contributed by atoms with van der Waals surface area (Å²) in [6.45, 7) is 0.874. The molecule has 0 unspecified atom stereocenters. The van der Waals surface area contributed by atoms with Gasteiger partial charge in [0.1, 0.15) is 18.3 Å². The van der Waals surface area contributed by atoms with Gasteiger partial charge in [-0.2, -0.15) is 0 Å². The van der Waals surface area contributed by atoms with Gasteiger partial charge in [-0.25, -0.2) is 0 Å². The molecule has 1 aliphatic heterocycles. The monoisotopic (exact) mass is 264 g/mol. The molecule has 1 aliphatic rings. The highest BCUT2D eigenvalue weighted by molar-refractivity contribution is 5.81. The van der Waals surface area contributed by atoms with E-state index >= 15 is 0 Å². The Morgan fingerprint density at radius 1 is 1.11 bits per heavy atom. The number of nitrogens with two attached hydrogens (primary N) is 1. The Balaban J connectivity index is 2.46. The maximum absolute atomic E-state index is 11.6. The van der Waals surface area contributed by atoms with Crippen molar-refractivity contribution in [3.8, 4) is 0 Å². The molecule has 1 heterocycles. The van der Waals surface area contributed by atoms with Crippen molar-refractivity contribution in [3.05, 3.63) is 0 Å². The third-order valence-corrected chi connectivity index (χ3v) is 2.78. The summed E-state index contributed by atoms with van der Waals surface area (Å²) in [5.41, 5.74) is 5.29. The predicted molar refractivity (Wildman–Crippen MR) is 60.2 cm³/mol. The Morgan fingerprint density at radius 2 is 1.78 bits per heavy atom. The minimum Gasteiger partial charge on any atom is -0.387 e. The number of carbonyl (C=O) groups is 1. The molecule has 0 aliphatic carbocycles. The molecular formula is C10H20N2O6. The van der Waals surface area contributed by atoms with Crippen LogP contribution in [0.4, 0.5) is 0 Å².